The van der Waals surface area contributed by atoms with Gasteiger partial charge in [0.25, 0.3) is 0 Å². The van der Waals surface area contributed by atoms with Crippen LogP contribution in [0.15, 0.2) is 67.3 Å². The summed E-state index contributed by atoms with van der Waals surface area (Å²) in [6.07, 6.45) is 4.70. The van der Waals surface area contributed by atoms with E-state index in [1.165, 1.54) is 16.7 Å². The van der Waals surface area contributed by atoms with E-state index in [2.05, 4.69) is 64.7 Å². The molecular formula is C16H17Cl2N3S. The summed E-state index contributed by atoms with van der Waals surface area (Å²) in [7, 11) is 0. The van der Waals surface area contributed by atoms with Crippen LogP contribution in [0, 0.1) is 0 Å². The molecule has 0 aliphatic carbocycles. The lowest BCUT2D eigenvalue weighted by atomic mass is 10.0. The molecule has 1 heterocycles. The van der Waals surface area contributed by atoms with Gasteiger partial charge in [-0.15, -0.1) is 0 Å². The smallest absolute Gasteiger partial charge is 0.358 e. The van der Waals surface area contributed by atoms with Gasteiger partial charge in [-0.05, 0) is 28.2 Å². The predicted molar refractivity (Wildman–Crippen MR) is 79.9 cm³/mol. The quantitative estimate of drug-likeness (QED) is 0.467. The summed E-state index contributed by atoms with van der Waals surface area (Å²) in [5, 5.41) is 3.10. The first-order chi connectivity index (χ1) is 9.92. The van der Waals surface area contributed by atoms with Gasteiger partial charge in [0.15, 0.2) is 11.9 Å². The Morgan fingerprint density at radius 2 is 1.55 bits per heavy atom. The first-order valence-corrected chi connectivity index (χ1v) is 7.56. The molecule has 0 unspecified atom stereocenters. The minimum atomic E-state index is 0. The van der Waals surface area contributed by atoms with E-state index < -0.39 is 0 Å². The van der Waals surface area contributed by atoms with E-state index in [1.807, 2.05) is 16.7 Å². The van der Waals surface area contributed by atoms with E-state index in [-0.39, 0.29) is 24.8 Å². The molecule has 0 amide bonds. The summed E-state index contributed by atoms with van der Waals surface area (Å²) in [4.78, 5) is 3.01. The van der Waals surface area contributed by atoms with E-state index in [0.717, 1.165) is 12.2 Å². The van der Waals surface area contributed by atoms with Crippen LogP contribution in [0.4, 0.5) is 0 Å². The number of halogens is 2. The molecule has 0 saturated carbocycles. The third-order valence-corrected chi connectivity index (χ3v) is 4.11. The zero-order chi connectivity index (χ0) is 13.6. The van der Waals surface area contributed by atoms with Crippen molar-refractivity contribution in [3.05, 3.63) is 83.9 Å². The van der Waals surface area contributed by atoms with Crippen LogP contribution in [0.3, 0.4) is 0 Å². The lowest BCUT2D eigenvalue weighted by molar-refractivity contribution is -0.524. The topological polar surface area (TPSA) is 33.2 Å². The summed E-state index contributed by atoms with van der Waals surface area (Å²) < 4.78 is 1.97. The summed E-state index contributed by atoms with van der Waals surface area (Å²) in [5.74, 6) is 0.946. The Kier molecular flexibility index (Phi) is 8.02. The van der Waals surface area contributed by atoms with Gasteiger partial charge in [0, 0.05) is 4.09 Å². The van der Waals surface area contributed by atoms with Crippen molar-refractivity contribution >= 4 is 11.9 Å². The standard InChI is InChI=1S/C16H15N3S.2ClH/c1-2-6-14(7-3-1)10-15-8-4-5-9-16(15)11-20-19-13-17-12-18-19;;/h1-9,12-13H,10-11H2;2*1H. The van der Waals surface area contributed by atoms with Crippen LogP contribution in [-0.2, 0) is 12.2 Å². The summed E-state index contributed by atoms with van der Waals surface area (Å²) >= 11 is 1.73. The van der Waals surface area contributed by atoms with Crippen molar-refractivity contribution in [3.63, 3.8) is 0 Å². The molecule has 6 heteroatoms. The zero-order valence-electron chi connectivity index (χ0n) is 11.9. The number of aromatic amines is 2. The maximum Gasteiger partial charge on any atom is 0.358 e. The molecule has 0 aliphatic rings. The maximum atomic E-state index is 3.10. The average molecular weight is 354 g/mol. The average Bonchev–Trinajstić information content (AvgIpc) is 3.01. The van der Waals surface area contributed by atoms with Gasteiger partial charge in [-0.3, -0.25) is 0 Å². The monoisotopic (exact) mass is 353 g/mol. The van der Waals surface area contributed by atoms with Crippen molar-refractivity contribution in [1.82, 2.24) is 4.09 Å². The van der Waals surface area contributed by atoms with Crippen LogP contribution >= 0.6 is 11.9 Å². The molecule has 2 aromatic carbocycles. The number of H-pyrrole nitrogens is 2. The van der Waals surface area contributed by atoms with Crippen LogP contribution in [-0.4, -0.2) is 4.09 Å². The fourth-order valence-corrected chi connectivity index (χ4v) is 2.97. The van der Waals surface area contributed by atoms with E-state index in [1.54, 1.807) is 11.9 Å². The van der Waals surface area contributed by atoms with Crippen molar-refractivity contribution in [1.29, 1.82) is 0 Å². The predicted octanol–water partition coefficient (Wildman–Crippen LogP) is -3.59. The lowest BCUT2D eigenvalue weighted by Gasteiger charge is -2.07. The highest BCUT2D eigenvalue weighted by atomic mass is 35.5. The second-order valence-corrected chi connectivity index (χ2v) is 5.54. The molecule has 0 saturated heterocycles. The summed E-state index contributed by atoms with van der Waals surface area (Å²) in [6, 6.07) is 19.3. The number of nitrogens with zero attached hydrogens (tertiary/aromatic N) is 1. The second kappa shape index (κ2) is 9.51. The molecule has 0 radical (unpaired) electrons. The Morgan fingerprint density at radius 3 is 2.23 bits per heavy atom. The van der Waals surface area contributed by atoms with Gasteiger partial charge in [0.05, 0.1) is 5.75 Å². The highest BCUT2D eigenvalue weighted by molar-refractivity contribution is 7.96. The molecule has 3 aromatic rings. The number of rotatable bonds is 5. The molecule has 22 heavy (non-hydrogen) atoms. The minimum Gasteiger partial charge on any atom is -1.00 e. The number of hydrogen-bond donors (Lipinski definition) is 0. The summed E-state index contributed by atoms with van der Waals surface area (Å²) in [5.41, 5.74) is 4.12. The number of benzene rings is 2. The highest BCUT2D eigenvalue weighted by Gasteiger charge is 2.09. The van der Waals surface area contributed by atoms with Crippen molar-refractivity contribution in [2.45, 2.75) is 12.2 Å². The van der Waals surface area contributed by atoms with Crippen LogP contribution in [0.25, 0.3) is 0 Å². The molecule has 2 N–H and O–H groups in total. The molecule has 1 aromatic heterocycles. The Labute approximate surface area is 147 Å². The van der Waals surface area contributed by atoms with E-state index in [9.17, 15) is 0 Å². The van der Waals surface area contributed by atoms with Crippen molar-refractivity contribution in [2.75, 3.05) is 0 Å². The molecule has 116 valence electrons. The van der Waals surface area contributed by atoms with Gasteiger partial charge in [0.1, 0.15) is 0 Å². The second-order valence-electron chi connectivity index (χ2n) is 4.60. The van der Waals surface area contributed by atoms with Gasteiger partial charge < -0.3 is 24.8 Å². The third-order valence-electron chi connectivity index (χ3n) is 3.18. The number of nitrogens with one attached hydrogen (secondary N) is 2. The highest BCUT2D eigenvalue weighted by Crippen LogP contribution is 2.19. The first-order valence-electron chi connectivity index (χ1n) is 6.62. The Bertz CT molecular complexity index is 660. The van der Waals surface area contributed by atoms with Crippen LogP contribution < -0.4 is 34.9 Å². The Morgan fingerprint density at radius 1 is 0.864 bits per heavy atom. The number of aromatic nitrogens is 3. The van der Waals surface area contributed by atoms with E-state index >= 15 is 0 Å². The van der Waals surface area contributed by atoms with E-state index in [4.69, 9.17) is 0 Å². The molecular weight excluding hydrogens is 337 g/mol. The Hall–Kier alpha value is -1.49. The SMILES string of the molecule is [Cl-].[Cl-].c1ccc(Cc2ccccc2CSn2c[nH+]c[nH+]2)cc1. The maximum absolute atomic E-state index is 3.10. The molecule has 0 aliphatic heterocycles. The molecule has 0 bridgehead atoms. The van der Waals surface area contributed by atoms with Gasteiger partial charge >= 0.3 is 12.7 Å². The molecule has 0 fully saturated rings. The summed E-state index contributed by atoms with van der Waals surface area (Å²) in [6.45, 7) is 0. The molecule has 0 spiro atoms. The normalized spacial score (nSPS) is 9.64. The van der Waals surface area contributed by atoms with Gasteiger partial charge in [-0.25, -0.2) is 0 Å². The van der Waals surface area contributed by atoms with Crippen LogP contribution in [0.1, 0.15) is 16.7 Å². The molecule has 0 atom stereocenters. The number of hydrogen-bond acceptors (Lipinski definition) is 1. The van der Waals surface area contributed by atoms with Crippen molar-refractivity contribution < 1.29 is 34.9 Å². The molecule has 3 rings (SSSR count). The fraction of sp³-hybridized carbons (Fsp3) is 0.125. The lowest BCUT2D eigenvalue weighted by Crippen LogP contribution is -3.00. The Balaban J connectivity index is 0.00000121. The fourth-order valence-electron chi connectivity index (χ4n) is 2.14. The van der Waals surface area contributed by atoms with Crippen LogP contribution in [0.2, 0.25) is 0 Å². The van der Waals surface area contributed by atoms with Gasteiger partial charge in [-0.2, -0.15) is 4.98 Å². The van der Waals surface area contributed by atoms with E-state index in [0.29, 0.717) is 0 Å². The van der Waals surface area contributed by atoms with Gasteiger partial charge in [0.2, 0.25) is 0 Å². The largest absolute Gasteiger partial charge is 1.00 e. The first kappa shape index (κ1) is 18.6. The van der Waals surface area contributed by atoms with Crippen molar-refractivity contribution in [2.24, 2.45) is 0 Å². The minimum absolute atomic E-state index is 0. The molecule has 3 nitrogen and oxygen atoms in total. The van der Waals surface area contributed by atoms with Crippen LogP contribution in [0.5, 0.6) is 0 Å². The van der Waals surface area contributed by atoms with Gasteiger partial charge in [-0.1, -0.05) is 54.6 Å². The van der Waals surface area contributed by atoms with Crippen molar-refractivity contribution in [3.8, 4) is 0 Å². The third kappa shape index (κ3) is 5.05. The zero-order valence-corrected chi connectivity index (χ0v) is 14.2.